The second kappa shape index (κ2) is 20.2. The molecule has 7 aromatic rings. The summed E-state index contributed by atoms with van der Waals surface area (Å²) in [6.07, 6.45) is 0. The lowest BCUT2D eigenvalue weighted by atomic mass is 10.1. The van der Waals surface area contributed by atoms with E-state index in [1.807, 2.05) is 146 Å². The molecule has 2 amide bonds. The monoisotopic (exact) mass is 858 g/mol. The third-order valence-electron chi connectivity index (χ3n) is 8.98. The summed E-state index contributed by atoms with van der Waals surface area (Å²) in [7, 11) is 0. The summed E-state index contributed by atoms with van der Waals surface area (Å²) in [6.45, 7) is 15.6. The summed E-state index contributed by atoms with van der Waals surface area (Å²) in [4.78, 5) is 34.6. The summed E-state index contributed by atoms with van der Waals surface area (Å²) in [5.74, 6) is 2.67. The Morgan fingerprint density at radius 3 is 1.45 bits per heavy atom. The number of amides is 2. The van der Waals surface area contributed by atoms with Gasteiger partial charge in [-0.05, 0) is 116 Å². The maximum absolute atomic E-state index is 12.8. The molecule has 0 radical (unpaired) electrons. The molecule has 0 spiro atoms. The fraction of sp³-hybridized carbons (Fsp3) is 0.200. The number of ether oxygens (including phenoxy) is 1. The lowest BCUT2D eigenvalue weighted by molar-refractivity contribution is 0.0968. The van der Waals surface area contributed by atoms with Crippen LogP contribution in [0.1, 0.15) is 73.4 Å². The number of aromatic amines is 2. The molecule has 0 aliphatic rings. The summed E-state index contributed by atoms with van der Waals surface area (Å²) >= 11 is 0. The van der Waals surface area contributed by atoms with Crippen LogP contribution in [0, 0.1) is 13.8 Å². The van der Waals surface area contributed by atoms with Crippen LogP contribution < -0.4 is 26.0 Å². The number of aromatic hydroxyl groups is 1. The second-order valence-electron chi connectivity index (χ2n) is 16.9. The number of carbonyl (C=O) groups excluding carboxylic acids is 2. The average Bonchev–Trinajstić information content (AvgIpc) is 3.91. The Hall–Kier alpha value is -8.00. The van der Waals surface area contributed by atoms with Gasteiger partial charge in [-0.1, -0.05) is 77.9 Å². The normalized spacial score (nSPS) is 11.8. The minimum absolute atomic E-state index is 0.152. The molecule has 7 rings (SSSR count). The van der Waals surface area contributed by atoms with E-state index in [0.29, 0.717) is 51.7 Å². The number of guanidine groups is 2. The second-order valence-corrected chi connectivity index (χ2v) is 16.9. The SMILES string of the molecule is Cc1ccc(C(=O)NC(=NC(C)(C)C)Nc2cc(-c3ccccc3O)[nH]n2)cc1.Cc1ccc(C(=O)NC(=NC(C)(C)C)Nc2cc(-c3ccccc3Oc3ccccc3)[nH]n2)cc1. The smallest absolute Gasteiger partial charge is 0.257 e. The van der Waals surface area contributed by atoms with Gasteiger partial charge in [0.1, 0.15) is 17.2 Å². The molecule has 7 N–H and O–H groups in total. The zero-order chi connectivity index (χ0) is 45.9. The molecule has 2 heterocycles. The van der Waals surface area contributed by atoms with Crippen molar-refractivity contribution in [2.45, 2.75) is 66.5 Å². The maximum atomic E-state index is 12.8. The zero-order valence-corrected chi connectivity index (χ0v) is 37.2. The number of H-pyrrole nitrogens is 2. The topological polar surface area (TPSA) is 194 Å². The van der Waals surface area contributed by atoms with E-state index in [4.69, 9.17) is 4.74 Å². The number of nitrogens with zero attached hydrogens (tertiary/aromatic N) is 4. The number of aliphatic imine (C=N–C) groups is 2. The van der Waals surface area contributed by atoms with Crippen LogP contribution in [0.15, 0.2) is 150 Å². The van der Waals surface area contributed by atoms with Crippen molar-refractivity contribution in [1.82, 2.24) is 31.0 Å². The van der Waals surface area contributed by atoms with Crippen molar-refractivity contribution in [3.63, 3.8) is 0 Å². The molecule has 5 aromatic carbocycles. The average molecular weight is 859 g/mol. The molecule has 0 aliphatic heterocycles. The minimum Gasteiger partial charge on any atom is -0.507 e. The standard InChI is InChI=1S/C28H29N5O2.C22H25N5O2/c1-19-14-16-20(17-15-19)26(34)30-27(31-28(2,3)4)29-25-18-23(32-33-25)22-12-8-9-13-24(22)35-21-10-6-5-7-11-21;1-14-9-11-15(12-10-14)20(29)24-21(25-22(2,3)4)23-19-13-17(26-27-19)16-7-5-6-8-18(16)28/h5-18H,1-4H3,(H3,29,30,31,32,33,34);5-13,28H,1-4H3,(H3,23,24,25,26,27,29). The predicted molar refractivity (Wildman–Crippen MR) is 255 cm³/mol. The number of phenols is 1. The molecule has 0 unspecified atom stereocenters. The number of rotatable bonds is 8. The highest BCUT2D eigenvalue weighted by Crippen LogP contribution is 2.33. The van der Waals surface area contributed by atoms with E-state index in [-0.39, 0.29) is 17.6 Å². The lowest BCUT2D eigenvalue weighted by Crippen LogP contribution is -2.38. The molecule has 14 nitrogen and oxygen atoms in total. The molecule has 0 aliphatic carbocycles. The summed E-state index contributed by atoms with van der Waals surface area (Å²) in [5, 5.41) is 36.4. The minimum atomic E-state index is -0.419. The van der Waals surface area contributed by atoms with Crippen LogP contribution in [0.25, 0.3) is 22.5 Å². The number of phenolic OH excluding ortho intramolecular Hbond substituents is 1. The molecule has 0 bridgehead atoms. The van der Waals surface area contributed by atoms with Crippen molar-refractivity contribution in [2.24, 2.45) is 9.98 Å². The van der Waals surface area contributed by atoms with E-state index in [2.05, 4.69) is 51.6 Å². The number of anilines is 2. The molecule has 328 valence electrons. The number of benzene rings is 5. The van der Waals surface area contributed by atoms with E-state index < -0.39 is 11.1 Å². The van der Waals surface area contributed by atoms with Crippen LogP contribution in [-0.2, 0) is 0 Å². The van der Waals surface area contributed by atoms with Gasteiger partial charge in [0.25, 0.3) is 11.8 Å². The summed E-state index contributed by atoms with van der Waals surface area (Å²) in [6, 6.07) is 42.6. The molecular formula is C50H54N10O4. The van der Waals surface area contributed by atoms with Gasteiger partial charge >= 0.3 is 0 Å². The van der Waals surface area contributed by atoms with Crippen molar-refractivity contribution >= 4 is 35.4 Å². The summed E-state index contributed by atoms with van der Waals surface area (Å²) in [5.41, 5.74) is 5.31. The van der Waals surface area contributed by atoms with Crippen LogP contribution in [0.3, 0.4) is 0 Å². The van der Waals surface area contributed by atoms with Crippen LogP contribution in [0.4, 0.5) is 11.6 Å². The van der Waals surface area contributed by atoms with E-state index in [1.54, 1.807) is 48.5 Å². The van der Waals surface area contributed by atoms with Crippen LogP contribution in [0.2, 0.25) is 0 Å². The number of aromatic nitrogens is 4. The van der Waals surface area contributed by atoms with Crippen LogP contribution >= 0.6 is 0 Å². The highest BCUT2D eigenvalue weighted by atomic mass is 16.5. The fourth-order valence-corrected chi connectivity index (χ4v) is 6.00. The van der Waals surface area contributed by atoms with Gasteiger partial charge in [-0.25, -0.2) is 9.98 Å². The van der Waals surface area contributed by atoms with E-state index in [0.717, 1.165) is 28.1 Å². The van der Waals surface area contributed by atoms with Crippen LogP contribution in [0.5, 0.6) is 17.2 Å². The third kappa shape index (κ3) is 13.5. The van der Waals surface area contributed by atoms with Gasteiger partial charge in [0.15, 0.2) is 11.6 Å². The number of hydrogen-bond donors (Lipinski definition) is 7. The molecular weight excluding hydrogens is 805 g/mol. The van der Waals surface area contributed by atoms with Crippen LogP contribution in [-0.4, -0.2) is 60.3 Å². The van der Waals surface area contributed by atoms with Gasteiger partial charge in [0.2, 0.25) is 11.9 Å². The highest BCUT2D eigenvalue weighted by molar-refractivity contribution is 6.10. The number of para-hydroxylation sites is 3. The first-order valence-electron chi connectivity index (χ1n) is 20.7. The van der Waals surface area contributed by atoms with Gasteiger partial charge in [0.05, 0.1) is 22.5 Å². The van der Waals surface area contributed by atoms with E-state index in [9.17, 15) is 14.7 Å². The highest BCUT2D eigenvalue weighted by Gasteiger charge is 2.18. The van der Waals surface area contributed by atoms with Gasteiger partial charge in [-0.2, -0.15) is 10.2 Å². The Bertz CT molecular complexity index is 2720. The van der Waals surface area contributed by atoms with Gasteiger partial charge < -0.3 is 20.5 Å². The largest absolute Gasteiger partial charge is 0.507 e. The molecule has 64 heavy (non-hydrogen) atoms. The number of nitrogens with one attached hydrogen (secondary N) is 6. The first kappa shape index (κ1) is 45.5. The fourth-order valence-electron chi connectivity index (χ4n) is 6.00. The van der Waals surface area contributed by atoms with Gasteiger partial charge in [-0.3, -0.25) is 30.4 Å². The van der Waals surface area contributed by atoms with Crippen molar-refractivity contribution in [2.75, 3.05) is 10.6 Å². The third-order valence-corrected chi connectivity index (χ3v) is 8.98. The number of carbonyl (C=O) groups is 2. The van der Waals surface area contributed by atoms with Crippen molar-refractivity contribution in [3.05, 3.63) is 162 Å². The van der Waals surface area contributed by atoms with Gasteiger partial charge in [0, 0.05) is 34.4 Å². The molecule has 14 heteroatoms. The Labute approximate surface area is 373 Å². The Morgan fingerprint density at radius 1 is 0.562 bits per heavy atom. The Kier molecular flexibility index (Phi) is 14.4. The molecule has 0 saturated heterocycles. The molecule has 0 fully saturated rings. The predicted octanol–water partition coefficient (Wildman–Crippen LogP) is 10.3. The van der Waals surface area contributed by atoms with E-state index >= 15 is 0 Å². The molecule has 2 aromatic heterocycles. The van der Waals surface area contributed by atoms with Crippen molar-refractivity contribution in [3.8, 4) is 39.8 Å². The first-order valence-corrected chi connectivity index (χ1v) is 20.7. The molecule has 0 atom stereocenters. The summed E-state index contributed by atoms with van der Waals surface area (Å²) < 4.78 is 6.08. The zero-order valence-electron chi connectivity index (χ0n) is 37.2. The maximum Gasteiger partial charge on any atom is 0.257 e. The van der Waals surface area contributed by atoms with Crippen molar-refractivity contribution < 1.29 is 19.4 Å². The van der Waals surface area contributed by atoms with Gasteiger partial charge in [-0.15, -0.1) is 0 Å². The quantitative estimate of drug-likeness (QED) is 0.0579. The Balaban J connectivity index is 0.000000216. The Morgan fingerprint density at radius 2 is 0.984 bits per heavy atom. The molecule has 0 saturated carbocycles. The first-order chi connectivity index (χ1) is 30.5. The number of hydrogen-bond acceptors (Lipinski definition) is 8. The lowest BCUT2D eigenvalue weighted by Gasteiger charge is -2.17. The van der Waals surface area contributed by atoms with Crippen molar-refractivity contribution in [1.29, 1.82) is 0 Å². The van der Waals surface area contributed by atoms with E-state index in [1.165, 1.54) is 0 Å². The number of aryl methyl sites for hydroxylation is 2.